The van der Waals surface area contributed by atoms with Gasteiger partial charge in [0.2, 0.25) is 0 Å². The van der Waals surface area contributed by atoms with Crippen LogP contribution in [0, 0.1) is 17.8 Å². The Morgan fingerprint density at radius 2 is 1.68 bits per heavy atom. The minimum Gasteiger partial charge on any atom is -0.481 e. The minimum atomic E-state index is -0.743. The molecule has 0 saturated heterocycles. The van der Waals surface area contributed by atoms with Gasteiger partial charge >= 0.3 is 11.9 Å². The standard InChI is InChI=1S/C15H24O4/c1-10(4-3-5-11(2)14(16)17)12-6-8-13(9-7-12)15(18)19/h4,11-13H,3,5-9H2,1-2H3,(H,16,17)(H,18,19)/t11-,12?,13?/m0/s1. The van der Waals surface area contributed by atoms with Gasteiger partial charge in [-0.3, -0.25) is 9.59 Å². The fourth-order valence-corrected chi connectivity index (χ4v) is 2.65. The molecule has 0 aromatic heterocycles. The van der Waals surface area contributed by atoms with Gasteiger partial charge in [0.25, 0.3) is 0 Å². The van der Waals surface area contributed by atoms with Crippen molar-refractivity contribution in [2.75, 3.05) is 0 Å². The number of carboxylic acids is 2. The van der Waals surface area contributed by atoms with Gasteiger partial charge in [0.15, 0.2) is 0 Å². The zero-order valence-corrected chi connectivity index (χ0v) is 11.8. The average Bonchev–Trinajstić information content (AvgIpc) is 2.38. The first-order chi connectivity index (χ1) is 8.91. The average molecular weight is 268 g/mol. The maximum Gasteiger partial charge on any atom is 0.306 e. The van der Waals surface area contributed by atoms with Gasteiger partial charge in [-0.1, -0.05) is 18.6 Å². The quantitative estimate of drug-likeness (QED) is 0.725. The van der Waals surface area contributed by atoms with E-state index in [2.05, 4.69) is 13.0 Å². The second kappa shape index (κ2) is 7.31. The van der Waals surface area contributed by atoms with E-state index in [0.717, 1.165) is 32.1 Å². The fourth-order valence-electron chi connectivity index (χ4n) is 2.65. The van der Waals surface area contributed by atoms with Gasteiger partial charge in [-0.25, -0.2) is 0 Å². The molecular weight excluding hydrogens is 244 g/mol. The normalized spacial score (nSPS) is 25.9. The molecule has 108 valence electrons. The SMILES string of the molecule is CC(=CCC[C@H](C)C(=O)O)C1CCC(C(=O)O)CC1. The third kappa shape index (κ3) is 5.05. The molecule has 0 aromatic carbocycles. The van der Waals surface area contributed by atoms with Crippen LogP contribution < -0.4 is 0 Å². The number of aliphatic carboxylic acids is 2. The second-order valence-electron chi connectivity index (χ2n) is 5.65. The highest BCUT2D eigenvalue weighted by molar-refractivity contribution is 5.70. The molecule has 1 aliphatic carbocycles. The molecule has 1 fully saturated rings. The van der Waals surface area contributed by atoms with Crippen molar-refractivity contribution < 1.29 is 19.8 Å². The van der Waals surface area contributed by atoms with E-state index < -0.39 is 11.9 Å². The van der Waals surface area contributed by atoms with Crippen LogP contribution in [-0.2, 0) is 9.59 Å². The Morgan fingerprint density at radius 3 is 2.16 bits per heavy atom. The van der Waals surface area contributed by atoms with Crippen LogP contribution in [0.25, 0.3) is 0 Å². The van der Waals surface area contributed by atoms with Gasteiger partial charge in [-0.15, -0.1) is 0 Å². The van der Waals surface area contributed by atoms with Gasteiger partial charge in [-0.2, -0.15) is 0 Å². The maximum atomic E-state index is 10.9. The first kappa shape index (κ1) is 15.7. The lowest BCUT2D eigenvalue weighted by atomic mass is 9.78. The Balaban J connectivity index is 2.36. The molecule has 0 aromatic rings. The van der Waals surface area contributed by atoms with Crippen LogP contribution in [0.15, 0.2) is 11.6 Å². The lowest BCUT2D eigenvalue weighted by molar-refractivity contribution is -0.143. The summed E-state index contributed by atoms with van der Waals surface area (Å²) in [5.41, 5.74) is 1.29. The van der Waals surface area contributed by atoms with Crippen LogP contribution in [-0.4, -0.2) is 22.2 Å². The number of carboxylic acid groups (broad SMARTS) is 2. The van der Waals surface area contributed by atoms with Crippen molar-refractivity contribution in [3.8, 4) is 0 Å². The highest BCUT2D eigenvalue weighted by Crippen LogP contribution is 2.33. The summed E-state index contributed by atoms with van der Waals surface area (Å²) in [6.45, 7) is 3.81. The number of allylic oxidation sites excluding steroid dienone is 2. The Morgan fingerprint density at radius 1 is 1.16 bits per heavy atom. The molecule has 4 nitrogen and oxygen atoms in total. The fraction of sp³-hybridized carbons (Fsp3) is 0.733. The molecule has 1 rings (SSSR count). The van der Waals surface area contributed by atoms with Crippen LogP contribution >= 0.6 is 0 Å². The highest BCUT2D eigenvalue weighted by Gasteiger charge is 2.26. The Labute approximate surface area is 114 Å². The van der Waals surface area contributed by atoms with E-state index in [9.17, 15) is 9.59 Å². The molecule has 0 heterocycles. The molecule has 0 unspecified atom stereocenters. The largest absolute Gasteiger partial charge is 0.481 e. The van der Waals surface area contributed by atoms with E-state index in [0.29, 0.717) is 12.3 Å². The molecule has 4 heteroatoms. The number of hydrogen-bond acceptors (Lipinski definition) is 2. The maximum absolute atomic E-state index is 10.9. The molecule has 0 radical (unpaired) electrons. The molecule has 1 saturated carbocycles. The van der Waals surface area contributed by atoms with E-state index in [-0.39, 0.29) is 11.8 Å². The lowest BCUT2D eigenvalue weighted by Crippen LogP contribution is -2.21. The summed E-state index contributed by atoms with van der Waals surface area (Å²) in [4.78, 5) is 21.6. The molecule has 19 heavy (non-hydrogen) atoms. The summed E-state index contributed by atoms with van der Waals surface area (Å²) in [6.07, 6.45) is 6.98. The number of rotatable bonds is 6. The van der Waals surface area contributed by atoms with E-state index in [4.69, 9.17) is 10.2 Å². The third-order valence-electron chi connectivity index (χ3n) is 4.21. The zero-order chi connectivity index (χ0) is 14.4. The van der Waals surface area contributed by atoms with Crippen LogP contribution in [0.2, 0.25) is 0 Å². The minimum absolute atomic E-state index is 0.170. The molecule has 1 atom stereocenters. The van der Waals surface area contributed by atoms with Crippen molar-refractivity contribution in [2.45, 2.75) is 52.4 Å². The first-order valence-electron chi connectivity index (χ1n) is 7.04. The van der Waals surface area contributed by atoms with Gasteiger partial charge in [0.1, 0.15) is 0 Å². The summed E-state index contributed by atoms with van der Waals surface area (Å²) >= 11 is 0. The van der Waals surface area contributed by atoms with E-state index in [1.54, 1.807) is 6.92 Å². The zero-order valence-electron chi connectivity index (χ0n) is 11.8. The highest BCUT2D eigenvalue weighted by atomic mass is 16.4. The monoisotopic (exact) mass is 268 g/mol. The van der Waals surface area contributed by atoms with E-state index >= 15 is 0 Å². The second-order valence-corrected chi connectivity index (χ2v) is 5.65. The summed E-state index contributed by atoms with van der Waals surface area (Å²) in [5, 5.41) is 17.7. The van der Waals surface area contributed by atoms with E-state index in [1.165, 1.54) is 5.57 Å². The first-order valence-corrected chi connectivity index (χ1v) is 7.04. The molecule has 1 aliphatic rings. The van der Waals surface area contributed by atoms with Crippen molar-refractivity contribution in [2.24, 2.45) is 17.8 Å². The molecule has 0 aliphatic heterocycles. The summed E-state index contributed by atoms with van der Waals surface area (Å²) < 4.78 is 0. The Hall–Kier alpha value is -1.32. The number of hydrogen-bond donors (Lipinski definition) is 2. The van der Waals surface area contributed by atoms with Crippen LogP contribution in [0.3, 0.4) is 0 Å². The van der Waals surface area contributed by atoms with Gasteiger partial charge in [0.05, 0.1) is 11.8 Å². The Bertz CT molecular complexity index is 351. The molecule has 2 N–H and O–H groups in total. The molecule has 0 bridgehead atoms. The smallest absolute Gasteiger partial charge is 0.306 e. The van der Waals surface area contributed by atoms with Crippen LogP contribution in [0.5, 0.6) is 0 Å². The molecule has 0 amide bonds. The molecular formula is C15H24O4. The van der Waals surface area contributed by atoms with Crippen LogP contribution in [0.1, 0.15) is 52.4 Å². The van der Waals surface area contributed by atoms with Gasteiger partial charge in [-0.05, 0) is 51.4 Å². The lowest BCUT2D eigenvalue weighted by Gasteiger charge is -2.26. The summed E-state index contributed by atoms with van der Waals surface area (Å²) in [5.74, 6) is -1.40. The van der Waals surface area contributed by atoms with Gasteiger partial charge < -0.3 is 10.2 Å². The summed E-state index contributed by atoms with van der Waals surface area (Å²) in [7, 11) is 0. The predicted octanol–water partition coefficient (Wildman–Crippen LogP) is 3.32. The summed E-state index contributed by atoms with van der Waals surface area (Å²) in [6, 6.07) is 0. The number of carbonyl (C=O) groups is 2. The predicted molar refractivity (Wildman–Crippen MR) is 72.9 cm³/mol. The van der Waals surface area contributed by atoms with Gasteiger partial charge in [0, 0.05) is 0 Å². The van der Waals surface area contributed by atoms with E-state index in [1.807, 2.05) is 0 Å². The van der Waals surface area contributed by atoms with Crippen molar-refractivity contribution >= 4 is 11.9 Å². The van der Waals surface area contributed by atoms with Crippen molar-refractivity contribution in [3.05, 3.63) is 11.6 Å². The van der Waals surface area contributed by atoms with Crippen molar-refractivity contribution in [3.63, 3.8) is 0 Å². The van der Waals surface area contributed by atoms with Crippen LogP contribution in [0.4, 0.5) is 0 Å². The third-order valence-corrected chi connectivity index (χ3v) is 4.21. The molecule has 0 spiro atoms. The topological polar surface area (TPSA) is 74.6 Å². The van der Waals surface area contributed by atoms with Crippen molar-refractivity contribution in [1.82, 2.24) is 0 Å². The van der Waals surface area contributed by atoms with Crippen molar-refractivity contribution in [1.29, 1.82) is 0 Å². The Kier molecular flexibility index (Phi) is 6.06.